The Morgan fingerprint density at radius 1 is 1.03 bits per heavy atom. The van der Waals surface area contributed by atoms with Crippen molar-refractivity contribution in [1.29, 1.82) is 0 Å². The second-order valence-electron chi connectivity index (χ2n) is 5.92. The van der Waals surface area contributed by atoms with Crippen LogP contribution in [0, 0.1) is 5.82 Å². The topological polar surface area (TPSA) is 123 Å². The lowest BCUT2D eigenvalue weighted by Crippen LogP contribution is -2.45. The minimum Gasteiger partial charge on any atom is -0.481 e. The maximum Gasteiger partial charge on any atom is 0.433 e. The van der Waals surface area contributed by atoms with Gasteiger partial charge in [0.25, 0.3) is 5.56 Å². The molecule has 10 nitrogen and oxygen atoms in total. The second kappa shape index (κ2) is 8.37. The highest BCUT2D eigenvalue weighted by atomic mass is 35.5. The van der Waals surface area contributed by atoms with Gasteiger partial charge < -0.3 is 20.1 Å². The lowest BCUT2D eigenvalue weighted by atomic mass is 10.2. The summed E-state index contributed by atoms with van der Waals surface area (Å²) in [5, 5.41) is -0.329. The van der Waals surface area contributed by atoms with E-state index in [1.165, 1.54) is 20.3 Å². The maximum atomic E-state index is 14.5. The summed E-state index contributed by atoms with van der Waals surface area (Å²) < 4.78 is 68.5. The smallest absolute Gasteiger partial charge is 0.433 e. The fourth-order valence-corrected chi connectivity index (χ4v) is 2.69. The molecule has 1 aromatic carbocycles. The number of methoxy groups -OCH3 is 2. The molecular formula is C17H12ClF4N5O5. The predicted molar refractivity (Wildman–Crippen MR) is 102 cm³/mol. The highest BCUT2D eigenvalue weighted by molar-refractivity contribution is 6.32. The van der Waals surface area contributed by atoms with E-state index in [0.29, 0.717) is 6.07 Å². The number of halogens is 5. The molecule has 0 aliphatic heterocycles. The Labute approximate surface area is 180 Å². The number of hydrogen-bond acceptors (Lipinski definition) is 8. The molecule has 0 unspecified atom stereocenters. The van der Waals surface area contributed by atoms with E-state index in [9.17, 15) is 27.2 Å². The lowest BCUT2D eigenvalue weighted by Gasteiger charge is -2.15. The first-order chi connectivity index (χ1) is 15.0. The molecule has 0 bridgehead atoms. The zero-order chi connectivity index (χ0) is 23.8. The summed E-state index contributed by atoms with van der Waals surface area (Å²) in [5.74, 6) is 3.70. The van der Waals surface area contributed by atoms with Crippen LogP contribution >= 0.6 is 11.6 Å². The maximum absolute atomic E-state index is 14.5. The summed E-state index contributed by atoms with van der Waals surface area (Å²) in [6, 6.07) is 2.48. The molecule has 170 valence electrons. The standard InChI is InChI=1S/C17H12ClF4N5O5/c1-30-12-6-13(31-2)25-15(24-12)32-10-4-9(8(19)3-7(10)18)26-14(28)5-11(17(20,21)22)27(23)16(26)29/h3-6H,23H2,1-2H3. The largest absolute Gasteiger partial charge is 0.481 e. The first-order valence-corrected chi connectivity index (χ1v) is 8.69. The molecule has 0 fully saturated rings. The van der Waals surface area contributed by atoms with Crippen molar-refractivity contribution in [3.8, 4) is 29.2 Å². The molecule has 0 amide bonds. The first-order valence-electron chi connectivity index (χ1n) is 8.32. The molecule has 2 N–H and O–H groups in total. The van der Waals surface area contributed by atoms with Crippen LogP contribution in [0.1, 0.15) is 5.69 Å². The van der Waals surface area contributed by atoms with Crippen molar-refractivity contribution >= 4 is 11.6 Å². The minimum absolute atomic E-state index is 0.0373. The van der Waals surface area contributed by atoms with Crippen molar-refractivity contribution in [1.82, 2.24) is 19.2 Å². The summed E-state index contributed by atoms with van der Waals surface area (Å²) in [6.45, 7) is 0. The third-order valence-corrected chi connectivity index (χ3v) is 4.24. The third-order valence-electron chi connectivity index (χ3n) is 3.95. The van der Waals surface area contributed by atoms with E-state index in [2.05, 4.69) is 9.97 Å². The Morgan fingerprint density at radius 3 is 2.16 bits per heavy atom. The van der Waals surface area contributed by atoms with E-state index in [1.807, 2.05) is 0 Å². The number of ether oxygens (including phenoxy) is 3. The van der Waals surface area contributed by atoms with Crippen molar-refractivity contribution in [2.75, 3.05) is 20.1 Å². The van der Waals surface area contributed by atoms with E-state index in [1.54, 1.807) is 0 Å². The molecule has 32 heavy (non-hydrogen) atoms. The number of aromatic nitrogens is 4. The van der Waals surface area contributed by atoms with Gasteiger partial charge in [0.05, 0.1) is 31.0 Å². The van der Waals surface area contributed by atoms with Crippen LogP contribution < -0.4 is 31.3 Å². The van der Waals surface area contributed by atoms with Gasteiger partial charge in [0.15, 0.2) is 11.4 Å². The number of alkyl halides is 3. The Kier molecular flexibility index (Phi) is 5.98. The van der Waals surface area contributed by atoms with Crippen LogP contribution in [0.5, 0.6) is 23.5 Å². The van der Waals surface area contributed by atoms with E-state index >= 15 is 0 Å². The zero-order valence-corrected chi connectivity index (χ0v) is 16.9. The summed E-state index contributed by atoms with van der Waals surface area (Å²) in [6.07, 6.45) is -5.10. The molecule has 0 saturated carbocycles. The average molecular weight is 478 g/mol. The zero-order valence-electron chi connectivity index (χ0n) is 16.1. The number of rotatable bonds is 5. The van der Waals surface area contributed by atoms with E-state index in [-0.39, 0.29) is 43.9 Å². The van der Waals surface area contributed by atoms with Crippen LogP contribution in [-0.2, 0) is 6.18 Å². The quantitative estimate of drug-likeness (QED) is 0.438. The van der Waals surface area contributed by atoms with Crippen LogP contribution in [0.3, 0.4) is 0 Å². The number of hydrogen-bond donors (Lipinski definition) is 1. The molecular weight excluding hydrogens is 466 g/mol. The SMILES string of the molecule is COc1cc(OC)nc(Oc2cc(-n3c(=O)cc(C(F)(F)F)n(N)c3=O)c(F)cc2Cl)n1. The van der Waals surface area contributed by atoms with Gasteiger partial charge in [-0.15, -0.1) is 0 Å². The summed E-state index contributed by atoms with van der Waals surface area (Å²) in [7, 11) is 2.62. The second-order valence-corrected chi connectivity index (χ2v) is 6.33. The van der Waals surface area contributed by atoms with Gasteiger partial charge in [0.1, 0.15) is 5.82 Å². The van der Waals surface area contributed by atoms with Gasteiger partial charge in [-0.2, -0.15) is 23.1 Å². The van der Waals surface area contributed by atoms with Gasteiger partial charge in [-0.3, -0.25) is 4.79 Å². The van der Waals surface area contributed by atoms with Gasteiger partial charge in [-0.1, -0.05) is 11.6 Å². The highest BCUT2D eigenvalue weighted by Crippen LogP contribution is 2.33. The Balaban J connectivity index is 2.16. The Morgan fingerprint density at radius 2 is 1.62 bits per heavy atom. The fourth-order valence-electron chi connectivity index (χ4n) is 2.50. The van der Waals surface area contributed by atoms with Crippen LogP contribution in [0.25, 0.3) is 5.69 Å². The number of nitrogens with zero attached hydrogens (tertiary/aromatic N) is 4. The fraction of sp³-hybridized carbons (Fsp3) is 0.176. The number of nitrogens with two attached hydrogens (primary N) is 1. The summed E-state index contributed by atoms with van der Waals surface area (Å²) in [4.78, 5) is 32.3. The van der Waals surface area contributed by atoms with Gasteiger partial charge >= 0.3 is 17.9 Å². The van der Waals surface area contributed by atoms with Crippen molar-refractivity contribution in [3.63, 3.8) is 0 Å². The van der Waals surface area contributed by atoms with Crippen LogP contribution in [-0.4, -0.2) is 33.4 Å². The number of benzene rings is 1. The summed E-state index contributed by atoms with van der Waals surface area (Å²) >= 11 is 5.95. The Bertz CT molecular complexity index is 1290. The molecule has 0 aliphatic carbocycles. The van der Waals surface area contributed by atoms with Gasteiger partial charge in [-0.25, -0.2) is 18.4 Å². The predicted octanol–water partition coefficient (Wildman–Crippen LogP) is 2.12. The number of nitrogen functional groups attached to an aromatic ring is 1. The van der Waals surface area contributed by atoms with Gasteiger partial charge in [0, 0.05) is 12.1 Å². The van der Waals surface area contributed by atoms with Gasteiger partial charge in [0.2, 0.25) is 11.8 Å². The molecule has 0 spiro atoms. The normalized spacial score (nSPS) is 11.3. The molecule has 2 heterocycles. The molecule has 3 rings (SSSR count). The molecule has 0 saturated heterocycles. The molecule has 0 aliphatic rings. The van der Waals surface area contributed by atoms with E-state index in [0.717, 1.165) is 6.07 Å². The minimum atomic E-state index is -5.10. The molecule has 3 aromatic rings. The van der Waals surface area contributed by atoms with E-state index in [4.69, 9.17) is 31.7 Å². The highest BCUT2D eigenvalue weighted by Gasteiger charge is 2.36. The monoisotopic (exact) mass is 477 g/mol. The molecule has 15 heteroatoms. The van der Waals surface area contributed by atoms with Crippen LogP contribution in [0.4, 0.5) is 17.6 Å². The molecule has 0 atom stereocenters. The Hall–Kier alpha value is -3.81. The lowest BCUT2D eigenvalue weighted by molar-refractivity contribution is -0.143. The van der Waals surface area contributed by atoms with Crippen molar-refractivity contribution < 1.29 is 31.8 Å². The molecule has 0 radical (unpaired) electrons. The third kappa shape index (κ3) is 4.30. The van der Waals surface area contributed by atoms with Gasteiger partial charge in [-0.05, 0) is 6.07 Å². The van der Waals surface area contributed by atoms with Crippen LogP contribution in [0.15, 0.2) is 33.9 Å². The van der Waals surface area contributed by atoms with Crippen molar-refractivity contribution in [2.24, 2.45) is 0 Å². The average Bonchev–Trinajstić information content (AvgIpc) is 2.72. The summed E-state index contributed by atoms with van der Waals surface area (Å²) in [5.41, 5.74) is -5.64. The first kappa shape index (κ1) is 22.9. The van der Waals surface area contributed by atoms with Crippen LogP contribution in [0.2, 0.25) is 5.02 Å². The van der Waals surface area contributed by atoms with Crippen molar-refractivity contribution in [3.05, 3.63) is 61.6 Å². The van der Waals surface area contributed by atoms with E-state index < -0.39 is 34.6 Å². The van der Waals surface area contributed by atoms with Crippen molar-refractivity contribution in [2.45, 2.75) is 6.18 Å². The molecule has 2 aromatic heterocycles.